The van der Waals surface area contributed by atoms with Crippen LogP contribution >= 0.6 is 15.9 Å². The van der Waals surface area contributed by atoms with Gasteiger partial charge in [0.2, 0.25) is 5.91 Å². The number of Topliss-reactive ketones (excluding diaryl/α,β-unsaturated/α-hetero) is 1. The third-order valence-electron chi connectivity index (χ3n) is 3.48. The average Bonchev–Trinajstić information content (AvgIpc) is 2.64. The summed E-state index contributed by atoms with van der Waals surface area (Å²) in [6.45, 7) is 1.57. The molecule has 136 valence electrons. The number of hydrazine groups is 1. The van der Waals surface area contributed by atoms with Gasteiger partial charge in [0.15, 0.2) is 11.9 Å². The molecule has 1 atom stereocenters. The highest BCUT2D eigenvalue weighted by Gasteiger charge is 2.16. The molecule has 0 fully saturated rings. The number of carbonyl (C=O) groups is 3. The summed E-state index contributed by atoms with van der Waals surface area (Å²) < 4.78 is 6.33. The normalized spacial score (nSPS) is 11.3. The predicted molar refractivity (Wildman–Crippen MR) is 101 cm³/mol. The van der Waals surface area contributed by atoms with Gasteiger partial charge in [-0.05, 0) is 25.1 Å². The van der Waals surface area contributed by atoms with Gasteiger partial charge in [0.05, 0.1) is 0 Å². The molecule has 7 heteroatoms. The number of amides is 2. The Morgan fingerprint density at radius 2 is 1.73 bits per heavy atom. The Kier molecular flexibility index (Phi) is 7.35. The SMILES string of the molecule is CC(Oc1cccc(Br)c1)C(=O)NNC(=O)CCC(=O)c1ccccc1. The number of ether oxygens (including phenoxy) is 1. The molecule has 2 amide bonds. The number of ketones is 1. The Morgan fingerprint density at radius 1 is 1.00 bits per heavy atom. The Labute approximate surface area is 160 Å². The van der Waals surface area contributed by atoms with Crippen LogP contribution in [0.4, 0.5) is 0 Å². The lowest BCUT2D eigenvalue weighted by Gasteiger charge is -2.15. The van der Waals surface area contributed by atoms with E-state index in [2.05, 4.69) is 26.8 Å². The fourth-order valence-electron chi connectivity index (χ4n) is 2.09. The van der Waals surface area contributed by atoms with E-state index in [0.29, 0.717) is 11.3 Å². The topological polar surface area (TPSA) is 84.5 Å². The largest absolute Gasteiger partial charge is 0.481 e. The van der Waals surface area contributed by atoms with Gasteiger partial charge in [0.25, 0.3) is 5.91 Å². The Bertz CT molecular complexity index is 780. The quantitative estimate of drug-likeness (QED) is 0.534. The Balaban J connectivity index is 1.72. The molecule has 0 saturated heterocycles. The van der Waals surface area contributed by atoms with Crippen molar-refractivity contribution < 1.29 is 19.1 Å². The molecule has 0 heterocycles. The van der Waals surface area contributed by atoms with Crippen LogP contribution in [0.1, 0.15) is 30.1 Å². The zero-order valence-electron chi connectivity index (χ0n) is 14.2. The van der Waals surface area contributed by atoms with E-state index in [9.17, 15) is 14.4 Å². The molecule has 0 aliphatic rings. The monoisotopic (exact) mass is 418 g/mol. The van der Waals surface area contributed by atoms with E-state index in [4.69, 9.17) is 4.74 Å². The average molecular weight is 419 g/mol. The van der Waals surface area contributed by atoms with E-state index in [1.165, 1.54) is 0 Å². The summed E-state index contributed by atoms with van der Waals surface area (Å²) in [5.74, 6) is -0.537. The molecule has 2 aromatic carbocycles. The van der Waals surface area contributed by atoms with E-state index < -0.39 is 17.9 Å². The van der Waals surface area contributed by atoms with E-state index in [1.807, 2.05) is 12.1 Å². The van der Waals surface area contributed by atoms with Crippen molar-refractivity contribution >= 4 is 33.5 Å². The first-order chi connectivity index (χ1) is 12.5. The number of hydrogen-bond acceptors (Lipinski definition) is 4. The predicted octanol–water partition coefficient (Wildman–Crippen LogP) is 3.03. The van der Waals surface area contributed by atoms with E-state index in [-0.39, 0.29) is 18.6 Å². The van der Waals surface area contributed by atoms with Crippen molar-refractivity contribution in [2.24, 2.45) is 0 Å². The van der Waals surface area contributed by atoms with Gasteiger partial charge in [-0.1, -0.05) is 52.3 Å². The van der Waals surface area contributed by atoms with Crippen molar-refractivity contribution in [2.45, 2.75) is 25.9 Å². The van der Waals surface area contributed by atoms with E-state index in [1.54, 1.807) is 49.4 Å². The van der Waals surface area contributed by atoms with Gasteiger partial charge in [-0.2, -0.15) is 0 Å². The van der Waals surface area contributed by atoms with Crippen molar-refractivity contribution in [1.29, 1.82) is 0 Å². The highest BCUT2D eigenvalue weighted by atomic mass is 79.9. The maximum absolute atomic E-state index is 12.0. The van der Waals surface area contributed by atoms with Crippen LogP contribution in [-0.2, 0) is 9.59 Å². The maximum atomic E-state index is 12.0. The van der Waals surface area contributed by atoms with Crippen LogP contribution in [0, 0.1) is 0 Å². The van der Waals surface area contributed by atoms with Gasteiger partial charge >= 0.3 is 0 Å². The van der Waals surface area contributed by atoms with Crippen molar-refractivity contribution in [3.63, 3.8) is 0 Å². The Morgan fingerprint density at radius 3 is 2.42 bits per heavy atom. The molecule has 0 radical (unpaired) electrons. The minimum Gasteiger partial charge on any atom is -0.481 e. The van der Waals surface area contributed by atoms with Crippen molar-refractivity contribution in [3.8, 4) is 5.75 Å². The molecular formula is C19H19BrN2O4. The third-order valence-corrected chi connectivity index (χ3v) is 3.97. The molecule has 1 unspecified atom stereocenters. The van der Waals surface area contributed by atoms with Crippen LogP contribution in [0.25, 0.3) is 0 Å². The fraction of sp³-hybridized carbons (Fsp3) is 0.211. The zero-order chi connectivity index (χ0) is 18.9. The van der Waals surface area contributed by atoms with Gasteiger partial charge in [-0.15, -0.1) is 0 Å². The second-order valence-electron chi connectivity index (χ2n) is 5.54. The van der Waals surface area contributed by atoms with E-state index >= 15 is 0 Å². The molecule has 26 heavy (non-hydrogen) atoms. The summed E-state index contributed by atoms with van der Waals surface area (Å²) >= 11 is 3.32. The number of halogens is 1. The van der Waals surface area contributed by atoms with Crippen LogP contribution in [-0.4, -0.2) is 23.7 Å². The van der Waals surface area contributed by atoms with Gasteiger partial charge in [0, 0.05) is 22.9 Å². The minimum atomic E-state index is -0.796. The first-order valence-corrected chi connectivity index (χ1v) is 8.84. The summed E-state index contributed by atoms with van der Waals surface area (Å²) in [7, 11) is 0. The van der Waals surface area contributed by atoms with Crippen molar-refractivity contribution in [2.75, 3.05) is 0 Å². The van der Waals surface area contributed by atoms with Crippen LogP contribution < -0.4 is 15.6 Å². The van der Waals surface area contributed by atoms with Gasteiger partial charge in [-0.25, -0.2) is 0 Å². The van der Waals surface area contributed by atoms with E-state index in [0.717, 1.165) is 4.47 Å². The fourth-order valence-corrected chi connectivity index (χ4v) is 2.47. The lowest BCUT2D eigenvalue weighted by atomic mass is 10.1. The highest BCUT2D eigenvalue weighted by molar-refractivity contribution is 9.10. The smallest absolute Gasteiger partial charge is 0.279 e. The summed E-state index contributed by atoms with van der Waals surface area (Å²) in [5.41, 5.74) is 5.14. The standard InChI is InChI=1S/C19H19BrN2O4/c1-13(26-16-9-5-8-15(20)12-16)19(25)22-21-18(24)11-10-17(23)14-6-3-2-4-7-14/h2-9,12-13H,10-11H2,1H3,(H,21,24)(H,22,25). The first-order valence-electron chi connectivity index (χ1n) is 8.05. The Hall–Kier alpha value is -2.67. The van der Waals surface area contributed by atoms with Crippen LogP contribution in [0.2, 0.25) is 0 Å². The number of carbonyl (C=O) groups excluding carboxylic acids is 3. The summed E-state index contributed by atoms with van der Waals surface area (Å²) in [6, 6.07) is 15.8. The van der Waals surface area contributed by atoms with Crippen molar-refractivity contribution in [1.82, 2.24) is 10.9 Å². The summed E-state index contributed by atoms with van der Waals surface area (Å²) in [6.07, 6.45) is -0.749. The minimum absolute atomic E-state index is 0.0190. The molecule has 2 aromatic rings. The number of rotatable bonds is 7. The van der Waals surface area contributed by atoms with Crippen LogP contribution in [0.5, 0.6) is 5.75 Å². The zero-order valence-corrected chi connectivity index (χ0v) is 15.8. The molecular weight excluding hydrogens is 400 g/mol. The second kappa shape index (κ2) is 9.72. The molecule has 2 rings (SSSR count). The molecule has 0 aliphatic carbocycles. The lowest BCUT2D eigenvalue weighted by molar-refractivity contribution is -0.132. The number of nitrogens with one attached hydrogen (secondary N) is 2. The molecule has 0 bridgehead atoms. The molecule has 0 aromatic heterocycles. The molecule has 2 N–H and O–H groups in total. The van der Waals surface area contributed by atoms with Gasteiger partial charge in [0.1, 0.15) is 5.75 Å². The number of benzene rings is 2. The van der Waals surface area contributed by atoms with Crippen LogP contribution in [0.3, 0.4) is 0 Å². The number of hydrogen-bond donors (Lipinski definition) is 2. The summed E-state index contributed by atoms with van der Waals surface area (Å²) in [5, 5.41) is 0. The summed E-state index contributed by atoms with van der Waals surface area (Å²) in [4.78, 5) is 35.7. The molecule has 6 nitrogen and oxygen atoms in total. The van der Waals surface area contributed by atoms with Gasteiger partial charge in [-0.3, -0.25) is 25.2 Å². The van der Waals surface area contributed by atoms with Crippen LogP contribution in [0.15, 0.2) is 59.1 Å². The van der Waals surface area contributed by atoms with Crippen molar-refractivity contribution in [3.05, 3.63) is 64.6 Å². The maximum Gasteiger partial charge on any atom is 0.279 e. The molecule has 0 aliphatic heterocycles. The molecule has 0 spiro atoms. The third kappa shape index (κ3) is 6.33. The molecule has 0 saturated carbocycles. The highest BCUT2D eigenvalue weighted by Crippen LogP contribution is 2.18. The lowest BCUT2D eigenvalue weighted by Crippen LogP contribution is -2.47. The first kappa shape index (κ1) is 19.7. The second-order valence-corrected chi connectivity index (χ2v) is 6.46. The van der Waals surface area contributed by atoms with Gasteiger partial charge < -0.3 is 4.74 Å².